The van der Waals surface area contributed by atoms with Gasteiger partial charge < -0.3 is 5.73 Å². The highest BCUT2D eigenvalue weighted by Gasteiger charge is 1.87. The molecule has 1 nitrogen and oxygen atoms in total. The maximum Gasteiger partial charge on any atom is -0.00706 e. The third kappa shape index (κ3) is 2.67. The fourth-order valence-electron chi connectivity index (χ4n) is 0.699. The van der Waals surface area contributed by atoms with Crippen molar-refractivity contribution in [3.8, 4) is 0 Å². The predicted molar refractivity (Wildman–Crippen MR) is 37.5 cm³/mol. The predicted octanol–water partition coefficient (Wildman–Crippen LogP) is 2.04. The molecule has 2 N–H and O–H groups in total. The topological polar surface area (TPSA) is 26.0 Å². The van der Waals surface area contributed by atoms with Crippen LogP contribution in [0.15, 0.2) is 11.8 Å². The summed E-state index contributed by atoms with van der Waals surface area (Å²) in [5.74, 6) is 0. The Kier molecular flexibility index (Phi) is 4.42. The van der Waals surface area contributed by atoms with Crippen LogP contribution in [-0.4, -0.2) is 0 Å². The van der Waals surface area contributed by atoms with Crippen LogP contribution in [0.3, 0.4) is 0 Å². The Hall–Kier alpha value is -0.460. The summed E-state index contributed by atoms with van der Waals surface area (Å²) in [5, 5.41) is 0. The Balaban J connectivity index is 3.38. The van der Waals surface area contributed by atoms with E-state index in [1.165, 1.54) is 12.0 Å². The molecular weight excluding hydrogens is 98.1 g/mol. The first-order valence-corrected chi connectivity index (χ1v) is 3.24. The lowest BCUT2D eigenvalue weighted by atomic mass is 10.1. The second-order valence-electron chi connectivity index (χ2n) is 1.93. The Morgan fingerprint density at radius 3 is 2.25 bits per heavy atom. The second-order valence-corrected chi connectivity index (χ2v) is 1.93. The summed E-state index contributed by atoms with van der Waals surface area (Å²) in [5.41, 5.74) is 6.68. The van der Waals surface area contributed by atoms with E-state index in [1.54, 1.807) is 6.20 Å². The summed E-state index contributed by atoms with van der Waals surface area (Å²) in [7, 11) is 0. The largest absolute Gasteiger partial charge is 0.405 e. The molecule has 0 aliphatic carbocycles. The van der Waals surface area contributed by atoms with Crippen LogP contribution >= 0.6 is 0 Å². The van der Waals surface area contributed by atoms with E-state index in [9.17, 15) is 0 Å². The maximum absolute atomic E-state index is 5.31. The van der Waals surface area contributed by atoms with Gasteiger partial charge in [0.2, 0.25) is 0 Å². The first-order valence-electron chi connectivity index (χ1n) is 3.24. The molecule has 0 aliphatic rings. The zero-order valence-corrected chi connectivity index (χ0v) is 5.78. The van der Waals surface area contributed by atoms with Crippen molar-refractivity contribution in [2.24, 2.45) is 5.73 Å². The van der Waals surface area contributed by atoms with E-state index < -0.39 is 0 Å². The summed E-state index contributed by atoms with van der Waals surface area (Å²) in [6.07, 6.45) is 5.19. The van der Waals surface area contributed by atoms with E-state index >= 15 is 0 Å². The van der Waals surface area contributed by atoms with Gasteiger partial charge in [-0.2, -0.15) is 0 Å². The highest BCUT2D eigenvalue weighted by atomic mass is 14.5. The number of hydrogen-bond donors (Lipinski definition) is 1. The molecule has 0 fully saturated rings. The van der Waals surface area contributed by atoms with Crippen LogP contribution < -0.4 is 5.73 Å². The third-order valence-corrected chi connectivity index (χ3v) is 1.26. The zero-order chi connectivity index (χ0) is 6.41. The normalized spacial score (nSPS) is 12.0. The molecule has 0 rings (SSSR count). The fourth-order valence-corrected chi connectivity index (χ4v) is 0.699. The van der Waals surface area contributed by atoms with Gasteiger partial charge in [0.25, 0.3) is 0 Å². The van der Waals surface area contributed by atoms with Gasteiger partial charge in [-0.1, -0.05) is 25.8 Å². The molecule has 0 bridgehead atoms. The molecule has 0 atom stereocenters. The van der Waals surface area contributed by atoms with Crippen molar-refractivity contribution in [3.63, 3.8) is 0 Å². The van der Waals surface area contributed by atoms with Gasteiger partial charge in [0.1, 0.15) is 0 Å². The SMILES string of the molecule is CCC/C(=C/N)CC. The van der Waals surface area contributed by atoms with E-state index in [1.807, 2.05) is 0 Å². The standard InChI is InChI=1S/C7H15N/c1-3-5-7(4-2)6-8/h6H,3-5,8H2,1-2H3/b7-6+. The minimum atomic E-state index is 1.10. The van der Waals surface area contributed by atoms with Gasteiger partial charge in [-0.05, 0) is 19.0 Å². The van der Waals surface area contributed by atoms with Gasteiger partial charge in [-0.25, -0.2) is 0 Å². The molecule has 8 heavy (non-hydrogen) atoms. The van der Waals surface area contributed by atoms with Crippen molar-refractivity contribution in [2.45, 2.75) is 33.1 Å². The van der Waals surface area contributed by atoms with Crippen molar-refractivity contribution in [2.75, 3.05) is 0 Å². The molecule has 48 valence electrons. The molecule has 0 radical (unpaired) electrons. The van der Waals surface area contributed by atoms with Gasteiger partial charge >= 0.3 is 0 Å². The molecule has 0 aromatic carbocycles. The molecule has 0 heterocycles. The quantitative estimate of drug-likeness (QED) is 0.595. The van der Waals surface area contributed by atoms with E-state index in [0.29, 0.717) is 0 Å². The first kappa shape index (κ1) is 7.54. The Bertz CT molecular complexity index is 74.5. The van der Waals surface area contributed by atoms with Crippen LogP contribution in [-0.2, 0) is 0 Å². The monoisotopic (exact) mass is 113 g/mol. The van der Waals surface area contributed by atoms with Crippen molar-refractivity contribution in [3.05, 3.63) is 11.8 Å². The molecule has 0 unspecified atom stereocenters. The molecular formula is C7H15N. The zero-order valence-electron chi connectivity index (χ0n) is 5.78. The number of allylic oxidation sites excluding steroid dienone is 1. The van der Waals surface area contributed by atoms with Crippen molar-refractivity contribution in [1.82, 2.24) is 0 Å². The Morgan fingerprint density at radius 2 is 2.12 bits per heavy atom. The minimum Gasteiger partial charge on any atom is -0.405 e. The summed E-state index contributed by atoms with van der Waals surface area (Å²) >= 11 is 0. The van der Waals surface area contributed by atoms with Gasteiger partial charge in [-0.3, -0.25) is 0 Å². The molecule has 0 spiro atoms. The lowest BCUT2D eigenvalue weighted by molar-refractivity contribution is 0.854. The number of hydrogen-bond acceptors (Lipinski definition) is 1. The molecule has 0 saturated heterocycles. The van der Waals surface area contributed by atoms with Gasteiger partial charge in [0, 0.05) is 0 Å². The van der Waals surface area contributed by atoms with Crippen molar-refractivity contribution >= 4 is 0 Å². The van der Waals surface area contributed by atoms with Crippen LogP contribution in [0.2, 0.25) is 0 Å². The molecule has 0 aromatic heterocycles. The molecule has 0 saturated carbocycles. The van der Waals surface area contributed by atoms with E-state index in [2.05, 4.69) is 13.8 Å². The maximum atomic E-state index is 5.31. The smallest absolute Gasteiger partial charge is 0.00706 e. The summed E-state index contributed by atoms with van der Waals surface area (Å²) in [6.45, 7) is 4.30. The van der Waals surface area contributed by atoms with E-state index in [-0.39, 0.29) is 0 Å². The van der Waals surface area contributed by atoms with Gasteiger partial charge in [0.05, 0.1) is 0 Å². The van der Waals surface area contributed by atoms with Crippen molar-refractivity contribution in [1.29, 1.82) is 0 Å². The molecule has 0 amide bonds. The Morgan fingerprint density at radius 1 is 1.50 bits per heavy atom. The van der Waals surface area contributed by atoms with Crippen LogP contribution in [0.25, 0.3) is 0 Å². The molecule has 1 heteroatoms. The fraction of sp³-hybridized carbons (Fsp3) is 0.714. The van der Waals surface area contributed by atoms with Crippen molar-refractivity contribution < 1.29 is 0 Å². The van der Waals surface area contributed by atoms with Crippen LogP contribution in [0.5, 0.6) is 0 Å². The summed E-state index contributed by atoms with van der Waals surface area (Å²) < 4.78 is 0. The molecule has 0 aliphatic heterocycles. The average Bonchev–Trinajstić information content (AvgIpc) is 1.83. The van der Waals surface area contributed by atoms with Crippen LogP contribution in [0, 0.1) is 0 Å². The minimum absolute atomic E-state index is 1.10. The number of nitrogens with two attached hydrogens (primary N) is 1. The van der Waals surface area contributed by atoms with E-state index in [4.69, 9.17) is 5.73 Å². The third-order valence-electron chi connectivity index (χ3n) is 1.26. The second kappa shape index (κ2) is 4.69. The highest BCUT2D eigenvalue weighted by molar-refractivity contribution is 4.97. The van der Waals surface area contributed by atoms with Gasteiger partial charge in [0.15, 0.2) is 0 Å². The lowest BCUT2D eigenvalue weighted by Crippen LogP contribution is -1.86. The lowest BCUT2D eigenvalue weighted by Gasteiger charge is -1.97. The summed E-state index contributed by atoms with van der Waals surface area (Å²) in [6, 6.07) is 0. The first-order chi connectivity index (χ1) is 3.85. The molecule has 0 aromatic rings. The number of rotatable bonds is 3. The van der Waals surface area contributed by atoms with Crippen LogP contribution in [0.1, 0.15) is 33.1 Å². The highest BCUT2D eigenvalue weighted by Crippen LogP contribution is 2.05. The van der Waals surface area contributed by atoms with E-state index in [0.717, 1.165) is 12.8 Å². The van der Waals surface area contributed by atoms with Crippen LogP contribution in [0.4, 0.5) is 0 Å². The van der Waals surface area contributed by atoms with Gasteiger partial charge in [-0.15, -0.1) is 0 Å². The summed E-state index contributed by atoms with van der Waals surface area (Å²) in [4.78, 5) is 0. The Labute approximate surface area is 51.6 Å². The average molecular weight is 113 g/mol.